The van der Waals surface area contributed by atoms with Crippen LogP contribution in [0.25, 0.3) is 0 Å². The Kier molecular flexibility index (Phi) is 2.77. The third-order valence-corrected chi connectivity index (χ3v) is 2.85. The van der Waals surface area contributed by atoms with Gasteiger partial charge in [-0.1, -0.05) is 23.7 Å². The molecule has 0 aromatic heterocycles. The first-order valence-corrected chi connectivity index (χ1v) is 5.15. The van der Waals surface area contributed by atoms with E-state index in [1.54, 1.807) is 0 Å². The van der Waals surface area contributed by atoms with Crippen LogP contribution in [0.2, 0.25) is 5.02 Å². The highest BCUT2D eigenvalue weighted by Gasteiger charge is 2.45. The summed E-state index contributed by atoms with van der Waals surface area (Å²) in [7, 11) is 0. The van der Waals surface area contributed by atoms with Gasteiger partial charge >= 0.3 is 0 Å². The van der Waals surface area contributed by atoms with E-state index in [1.165, 1.54) is 0 Å². The molecule has 0 aliphatic carbocycles. The van der Waals surface area contributed by atoms with Crippen LogP contribution in [0.15, 0.2) is 24.3 Å². The largest absolute Gasteiger partial charge is 0.396 e. The number of epoxide rings is 1. The minimum absolute atomic E-state index is 0.132. The Morgan fingerprint density at radius 1 is 1.36 bits per heavy atom. The summed E-state index contributed by atoms with van der Waals surface area (Å²) >= 11 is 5.81. The van der Waals surface area contributed by atoms with E-state index in [4.69, 9.17) is 21.4 Å². The molecule has 1 fully saturated rings. The number of hydrogen-bond donors (Lipinski definition) is 1. The average Bonchev–Trinajstić information content (AvgIpc) is 2.97. The second-order valence-electron chi connectivity index (χ2n) is 3.62. The molecular weight excluding hydrogens is 200 g/mol. The van der Waals surface area contributed by atoms with E-state index in [0.717, 1.165) is 30.0 Å². The number of hydrogen-bond acceptors (Lipinski definition) is 2. The van der Waals surface area contributed by atoms with Crippen molar-refractivity contribution in [3.63, 3.8) is 0 Å². The van der Waals surface area contributed by atoms with Crippen LogP contribution in [0.1, 0.15) is 18.4 Å². The lowest BCUT2D eigenvalue weighted by molar-refractivity contribution is 0.239. The SMILES string of the molecule is OCCCC1(c2ccc(Cl)cc2)CO1. The Labute approximate surface area is 88.5 Å². The second kappa shape index (κ2) is 3.89. The molecule has 1 aliphatic rings. The van der Waals surface area contributed by atoms with Gasteiger partial charge in [0.25, 0.3) is 0 Å². The van der Waals surface area contributed by atoms with Crippen LogP contribution in [0.3, 0.4) is 0 Å². The van der Waals surface area contributed by atoms with Crippen LogP contribution in [0.4, 0.5) is 0 Å². The lowest BCUT2D eigenvalue weighted by Crippen LogP contribution is -2.09. The molecule has 1 saturated heterocycles. The van der Waals surface area contributed by atoms with Crippen molar-refractivity contribution in [2.75, 3.05) is 13.2 Å². The fraction of sp³-hybridized carbons (Fsp3) is 0.455. The average molecular weight is 213 g/mol. The first-order chi connectivity index (χ1) is 6.77. The predicted molar refractivity (Wildman–Crippen MR) is 55.4 cm³/mol. The third-order valence-electron chi connectivity index (χ3n) is 2.60. The van der Waals surface area contributed by atoms with E-state index in [-0.39, 0.29) is 12.2 Å². The summed E-state index contributed by atoms with van der Waals surface area (Å²) in [6, 6.07) is 7.73. The number of halogens is 1. The summed E-state index contributed by atoms with van der Waals surface area (Å²) < 4.78 is 5.47. The molecule has 1 aromatic carbocycles. The lowest BCUT2D eigenvalue weighted by Gasteiger charge is -2.11. The lowest BCUT2D eigenvalue weighted by atomic mass is 9.95. The zero-order valence-electron chi connectivity index (χ0n) is 7.87. The molecule has 76 valence electrons. The first-order valence-electron chi connectivity index (χ1n) is 4.78. The van der Waals surface area contributed by atoms with E-state index in [9.17, 15) is 0 Å². The first kappa shape index (κ1) is 9.97. The highest BCUT2D eigenvalue weighted by atomic mass is 35.5. The van der Waals surface area contributed by atoms with E-state index in [2.05, 4.69) is 0 Å². The van der Waals surface area contributed by atoms with Crippen molar-refractivity contribution < 1.29 is 9.84 Å². The van der Waals surface area contributed by atoms with Crippen LogP contribution < -0.4 is 0 Å². The molecule has 14 heavy (non-hydrogen) atoms. The van der Waals surface area contributed by atoms with Crippen LogP contribution in [-0.2, 0) is 10.3 Å². The van der Waals surface area contributed by atoms with Gasteiger partial charge in [-0.3, -0.25) is 0 Å². The Morgan fingerprint density at radius 2 is 2.00 bits per heavy atom. The van der Waals surface area contributed by atoms with Gasteiger partial charge in [0.15, 0.2) is 0 Å². The van der Waals surface area contributed by atoms with Crippen molar-refractivity contribution in [1.82, 2.24) is 0 Å². The predicted octanol–water partition coefficient (Wildman–Crippen LogP) is 2.34. The smallest absolute Gasteiger partial charge is 0.117 e. The van der Waals surface area contributed by atoms with E-state index in [0.29, 0.717) is 0 Å². The topological polar surface area (TPSA) is 32.8 Å². The summed E-state index contributed by atoms with van der Waals surface area (Å²) in [5.41, 5.74) is 1.03. The Hall–Kier alpha value is -0.570. The zero-order chi connectivity index (χ0) is 10.0. The third kappa shape index (κ3) is 1.92. The Morgan fingerprint density at radius 3 is 2.50 bits per heavy atom. The number of rotatable bonds is 4. The molecule has 1 atom stereocenters. The fourth-order valence-corrected chi connectivity index (χ4v) is 1.79. The van der Waals surface area contributed by atoms with Gasteiger partial charge in [-0.25, -0.2) is 0 Å². The van der Waals surface area contributed by atoms with E-state index >= 15 is 0 Å². The fourth-order valence-electron chi connectivity index (χ4n) is 1.66. The summed E-state index contributed by atoms with van der Waals surface area (Å²) in [6.07, 6.45) is 1.66. The van der Waals surface area contributed by atoms with Crippen molar-refractivity contribution in [2.24, 2.45) is 0 Å². The summed E-state index contributed by atoms with van der Waals surface area (Å²) in [5.74, 6) is 0. The van der Waals surface area contributed by atoms with Gasteiger partial charge in [0, 0.05) is 11.6 Å². The minimum Gasteiger partial charge on any atom is -0.396 e. The standard InChI is InChI=1S/C11H13ClO2/c12-10-4-2-9(3-5-10)11(8-14-11)6-1-7-13/h2-5,13H,1,6-8H2. The van der Waals surface area contributed by atoms with Crippen molar-refractivity contribution in [3.05, 3.63) is 34.9 Å². The number of aliphatic hydroxyl groups excluding tert-OH is 1. The molecule has 1 aliphatic heterocycles. The quantitative estimate of drug-likeness (QED) is 0.778. The van der Waals surface area contributed by atoms with Gasteiger partial charge in [-0.05, 0) is 30.5 Å². The van der Waals surface area contributed by atoms with Gasteiger partial charge < -0.3 is 9.84 Å². The van der Waals surface area contributed by atoms with Crippen LogP contribution in [-0.4, -0.2) is 18.3 Å². The van der Waals surface area contributed by atoms with Gasteiger partial charge in [-0.2, -0.15) is 0 Å². The molecule has 0 amide bonds. The normalized spacial score (nSPS) is 25.0. The molecule has 0 bridgehead atoms. The van der Waals surface area contributed by atoms with Crippen LogP contribution in [0, 0.1) is 0 Å². The Balaban J connectivity index is 2.10. The van der Waals surface area contributed by atoms with E-state index < -0.39 is 0 Å². The van der Waals surface area contributed by atoms with Crippen molar-refractivity contribution in [1.29, 1.82) is 0 Å². The summed E-state index contributed by atoms with van der Waals surface area (Å²) in [4.78, 5) is 0. The molecule has 0 saturated carbocycles. The van der Waals surface area contributed by atoms with Gasteiger partial charge in [-0.15, -0.1) is 0 Å². The molecular formula is C11H13ClO2. The van der Waals surface area contributed by atoms with Gasteiger partial charge in [0.2, 0.25) is 0 Å². The highest BCUT2D eigenvalue weighted by Crippen LogP contribution is 2.42. The van der Waals surface area contributed by atoms with Crippen LogP contribution in [0.5, 0.6) is 0 Å². The molecule has 1 heterocycles. The maximum atomic E-state index is 8.77. The van der Waals surface area contributed by atoms with Crippen molar-refractivity contribution in [2.45, 2.75) is 18.4 Å². The number of aliphatic hydroxyl groups is 1. The molecule has 1 aromatic rings. The van der Waals surface area contributed by atoms with Crippen molar-refractivity contribution in [3.8, 4) is 0 Å². The molecule has 0 spiro atoms. The van der Waals surface area contributed by atoms with Crippen LogP contribution >= 0.6 is 11.6 Å². The number of ether oxygens (including phenoxy) is 1. The van der Waals surface area contributed by atoms with Crippen molar-refractivity contribution >= 4 is 11.6 Å². The molecule has 3 heteroatoms. The summed E-state index contributed by atoms with van der Waals surface area (Å²) in [6.45, 7) is 0.979. The monoisotopic (exact) mass is 212 g/mol. The zero-order valence-corrected chi connectivity index (χ0v) is 8.63. The van der Waals surface area contributed by atoms with E-state index in [1.807, 2.05) is 24.3 Å². The molecule has 1 N–H and O–H groups in total. The molecule has 2 rings (SSSR count). The molecule has 1 unspecified atom stereocenters. The minimum atomic E-state index is -0.132. The molecule has 2 nitrogen and oxygen atoms in total. The maximum absolute atomic E-state index is 8.77. The van der Waals surface area contributed by atoms with Gasteiger partial charge in [0.1, 0.15) is 5.60 Å². The maximum Gasteiger partial charge on any atom is 0.117 e. The number of benzene rings is 1. The highest BCUT2D eigenvalue weighted by molar-refractivity contribution is 6.30. The second-order valence-corrected chi connectivity index (χ2v) is 4.05. The summed E-state index contributed by atoms with van der Waals surface area (Å²) in [5, 5.41) is 9.51. The van der Waals surface area contributed by atoms with Gasteiger partial charge in [0.05, 0.1) is 6.61 Å². The molecule has 0 radical (unpaired) electrons. The Bertz CT molecular complexity index is 304.